The molecule has 1 heterocycles. The first-order valence-electron chi connectivity index (χ1n) is 7.64. The first-order chi connectivity index (χ1) is 12.0. The second kappa shape index (κ2) is 6.99. The molecule has 1 aromatic heterocycles. The van der Waals surface area contributed by atoms with E-state index in [-0.39, 0.29) is 11.6 Å². The number of aromatic nitrogens is 2. The lowest BCUT2D eigenvalue weighted by atomic mass is 10.1. The molecule has 0 saturated carbocycles. The quantitative estimate of drug-likeness (QED) is 0.726. The van der Waals surface area contributed by atoms with Crippen LogP contribution in [0, 0.1) is 13.8 Å². The lowest BCUT2D eigenvalue weighted by molar-refractivity contribution is 0.409. The molecule has 0 aliphatic carbocycles. The van der Waals surface area contributed by atoms with Gasteiger partial charge < -0.3 is 14.4 Å². The van der Waals surface area contributed by atoms with E-state index in [2.05, 4.69) is 10.1 Å². The smallest absolute Gasteiger partial charge is 0.269 e. The third-order valence-corrected chi connectivity index (χ3v) is 4.04. The normalized spacial score (nSPS) is 11.6. The summed E-state index contributed by atoms with van der Waals surface area (Å²) >= 11 is 6.32. The molecule has 0 unspecified atom stereocenters. The van der Waals surface area contributed by atoms with Crippen molar-refractivity contribution < 1.29 is 14.4 Å². The van der Waals surface area contributed by atoms with Gasteiger partial charge in [0.15, 0.2) is 0 Å². The van der Waals surface area contributed by atoms with Crippen LogP contribution in [-0.2, 0) is 0 Å². The van der Waals surface area contributed by atoms with Crippen molar-refractivity contribution in [3.63, 3.8) is 0 Å². The Kier molecular flexibility index (Phi) is 4.76. The summed E-state index contributed by atoms with van der Waals surface area (Å²) < 4.78 is 10.5. The van der Waals surface area contributed by atoms with E-state index in [1.54, 1.807) is 13.2 Å². The van der Waals surface area contributed by atoms with Crippen LogP contribution in [0.5, 0.6) is 11.5 Å². The van der Waals surface area contributed by atoms with Crippen molar-refractivity contribution in [3.05, 3.63) is 59.0 Å². The lowest BCUT2D eigenvalue weighted by Gasteiger charge is -2.04. The topological polar surface area (TPSA) is 68.4 Å². The summed E-state index contributed by atoms with van der Waals surface area (Å²) in [5.41, 5.74) is 3.17. The Labute approximate surface area is 150 Å². The van der Waals surface area contributed by atoms with Crippen LogP contribution in [0.25, 0.3) is 22.5 Å². The fraction of sp³-hybridized carbons (Fsp3) is 0.158. The number of phenols is 1. The molecule has 3 rings (SSSR count). The second-order valence-electron chi connectivity index (χ2n) is 5.65. The van der Waals surface area contributed by atoms with Crippen LogP contribution in [0.2, 0.25) is 0 Å². The monoisotopic (exact) mass is 356 g/mol. The summed E-state index contributed by atoms with van der Waals surface area (Å²) in [5, 5.41) is 14.1. The average molecular weight is 357 g/mol. The average Bonchev–Trinajstić information content (AvgIpc) is 3.10. The van der Waals surface area contributed by atoms with Crippen LogP contribution in [0.3, 0.4) is 0 Å². The molecular formula is C19H17ClN2O3. The van der Waals surface area contributed by atoms with Gasteiger partial charge in [0, 0.05) is 5.56 Å². The van der Waals surface area contributed by atoms with Crippen LogP contribution in [-0.4, -0.2) is 22.4 Å². The van der Waals surface area contributed by atoms with E-state index >= 15 is 0 Å². The predicted molar refractivity (Wildman–Crippen MR) is 97.6 cm³/mol. The number of halogens is 1. The minimum atomic E-state index is 0.225. The summed E-state index contributed by atoms with van der Waals surface area (Å²) in [6.07, 6.45) is 1.73. The van der Waals surface area contributed by atoms with E-state index in [1.165, 1.54) is 0 Å². The van der Waals surface area contributed by atoms with Crippen molar-refractivity contribution in [2.75, 3.05) is 7.11 Å². The molecule has 3 aromatic rings. The van der Waals surface area contributed by atoms with Crippen molar-refractivity contribution >= 4 is 22.7 Å². The van der Waals surface area contributed by atoms with Gasteiger partial charge in [-0.25, -0.2) is 0 Å². The summed E-state index contributed by atoms with van der Waals surface area (Å²) in [4.78, 5) is 4.33. The molecule has 0 spiro atoms. The zero-order chi connectivity index (χ0) is 18.0. The number of benzene rings is 2. The van der Waals surface area contributed by atoms with Crippen LogP contribution in [0.15, 0.2) is 40.9 Å². The molecule has 1 N–H and O–H groups in total. The third kappa shape index (κ3) is 3.67. The van der Waals surface area contributed by atoms with Gasteiger partial charge in [0.25, 0.3) is 5.89 Å². The van der Waals surface area contributed by atoms with Gasteiger partial charge in [0.2, 0.25) is 5.82 Å². The molecule has 0 amide bonds. The number of rotatable bonds is 4. The Balaban J connectivity index is 1.91. The number of nitrogens with zero attached hydrogens (tertiary/aromatic N) is 2. The molecule has 128 valence electrons. The number of aryl methyl sites for hydroxylation is 2. The number of methoxy groups -OCH3 is 1. The minimum Gasteiger partial charge on any atom is -0.507 e. The zero-order valence-electron chi connectivity index (χ0n) is 14.1. The van der Waals surface area contributed by atoms with Gasteiger partial charge in [0.1, 0.15) is 16.5 Å². The SMILES string of the molecule is COc1cccc(-c2noc(/C(Cl)=C/c3cc(C)c(O)c(C)c3)n2)c1. The molecule has 0 fully saturated rings. The lowest BCUT2D eigenvalue weighted by Crippen LogP contribution is -1.86. The Morgan fingerprint density at radius 3 is 2.60 bits per heavy atom. The highest BCUT2D eigenvalue weighted by atomic mass is 35.5. The molecule has 6 heteroatoms. The summed E-state index contributed by atoms with van der Waals surface area (Å²) in [7, 11) is 1.60. The van der Waals surface area contributed by atoms with E-state index in [0.29, 0.717) is 16.6 Å². The molecule has 25 heavy (non-hydrogen) atoms. The van der Waals surface area contributed by atoms with Crippen LogP contribution in [0.4, 0.5) is 0 Å². The van der Waals surface area contributed by atoms with E-state index < -0.39 is 0 Å². The highest BCUT2D eigenvalue weighted by Gasteiger charge is 2.12. The predicted octanol–water partition coefficient (Wildman–Crippen LogP) is 4.80. The molecular weight excluding hydrogens is 340 g/mol. The molecule has 0 aliphatic rings. The van der Waals surface area contributed by atoms with Crippen molar-refractivity contribution in [2.24, 2.45) is 0 Å². The Morgan fingerprint density at radius 2 is 1.92 bits per heavy atom. The van der Waals surface area contributed by atoms with Gasteiger partial charge in [-0.05, 0) is 60.9 Å². The first kappa shape index (κ1) is 17.0. The molecule has 2 aromatic carbocycles. The largest absolute Gasteiger partial charge is 0.507 e. The van der Waals surface area contributed by atoms with Crippen molar-refractivity contribution in [3.8, 4) is 22.9 Å². The van der Waals surface area contributed by atoms with Gasteiger partial charge in [-0.15, -0.1) is 0 Å². The molecule has 0 saturated heterocycles. The van der Waals surface area contributed by atoms with Crippen LogP contribution >= 0.6 is 11.6 Å². The highest BCUT2D eigenvalue weighted by molar-refractivity contribution is 6.50. The van der Waals surface area contributed by atoms with Gasteiger partial charge in [-0.3, -0.25) is 0 Å². The van der Waals surface area contributed by atoms with Crippen molar-refractivity contribution in [1.29, 1.82) is 0 Å². The second-order valence-corrected chi connectivity index (χ2v) is 6.06. The maximum Gasteiger partial charge on any atom is 0.269 e. The standard InChI is InChI=1S/C19H17ClN2O3/c1-11-7-13(8-12(2)17(11)23)9-16(20)19-21-18(22-25-19)14-5-4-6-15(10-14)24-3/h4-10,23H,1-3H3/b16-9-. The van der Waals surface area contributed by atoms with Crippen LogP contribution in [0.1, 0.15) is 22.6 Å². The Morgan fingerprint density at radius 1 is 1.20 bits per heavy atom. The Bertz CT molecular complexity index is 924. The van der Waals surface area contributed by atoms with Gasteiger partial charge in [0.05, 0.1) is 7.11 Å². The van der Waals surface area contributed by atoms with E-state index in [0.717, 1.165) is 22.3 Å². The van der Waals surface area contributed by atoms with Crippen molar-refractivity contribution in [1.82, 2.24) is 10.1 Å². The number of ether oxygens (including phenoxy) is 1. The first-order valence-corrected chi connectivity index (χ1v) is 8.01. The van der Waals surface area contributed by atoms with Crippen molar-refractivity contribution in [2.45, 2.75) is 13.8 Å². The zero-order valence-corrected chi connectivity index (χ0v) is 14.8. The Hall–Kier alpha value is -2.79. The fourth-order valence-corrected chi connectivity index (χ4v) is 2.68. The molecule has 0 atom stereocenters. The molecule has 0 aliphatic heterocycles. The van der Waals surface area contributed by atoms with Gasteiger partial charge in [-0.2, -0.15) is 4.98 Å². The maximum atomic E-state index is 9.85. The number of hydrogen-bond donors (Lipinski definition) is 1. The highest BCUT2D eigenvalue weighted by Crippen LogP contribution is 2.28. The summed E-state index contributed by atoms with van der Waals surface area (Å²) in [6.45, 7) is 3.67. The van der Waals surface area contributed by atoms with E-state index in [4.69, 9.17) is 20.9 Å². The van der Waals surface area contributed by atoms with E-state index in [9.17, 15) is 5.11 Å². The minimum absolute atomic E-state index is 0.225. The number of aromatic hydroxyl groups is 1. The molecule has 0 bridgehead atoms. The van der Waals surface area contributed by atoms with E-state index in [1.807, 2.05) is 50.2 Å². The maximum absolute atomic E-state index is 9.85. The molecule has 5 nitrogen and oxygen atoms in total. The fourth-order valence-electron chi connectivity index (χ4n) is 2.48. The van der Waals surface area contributed by atoms with Gasteiger partial charge >= 0.3 is 0 Å². The third-order valence-electron chi connectivity index (χ3n) is 3.77. The number of hydrogen-bond acceptors (Lipinski definition) is 5. The van der Waals surface area contributed by atoms with Crippen LogP contribution < -0.4 is 4.74 Å². The molecule has 0 radical (unpaired) electrons. The van der Waals surface area contributed by atoms with Gasteiger partial charge in [-0.1, -0.05) is 28.9 Å². The number of phenolic OH excluding ortho intramolecular Hbond substituents is 1. The summed E-state index contributed by atoms with van der Waals surface area (Å²) in [5.74, 6) is 1.65. The summed E-state index contributed by atoms with van der Waals surface area (Å²) in [6, 6.07) is 11.0.